The Labute approximate surface area is 259 Å². The van der Waals surface area contributed by atoms with Gasteiger partial charge in [0, 0.05) is 56.8 Å². The number of pyridine rings is 1. The molecule has 0 spiro atoms. The van der Waals surface area contributed by atoms with E-state index in [1.54, 1.807) is 4.90 Å². The van der Waals surface area contributed by atoms with Crippen LogP contribution in [0.3, 0.4) is 0 Å². The molecule has 5 heterocycles. The van der Waals surface area contributed by atoms with E-state index >= 15 is 8.78 Å². The summed E-state index contributed by atoms with van der Waals surface area (Å²) in [5.41, 5.74) is 5.79. The van der Waals surface area contributed by atoms with Crippen molar-refractivity contribution in [3.8, 4) is 5.75 Å². The van der Waals surface area contributed by atoms with Crippen LogP contribution in [-0.4, -0.2) is 112 Å². The number of benzene rings is 1. The Kier molecular flexibility index (Phi) is 8.63. The lowest BCUT2D eigenvalue weighted by Gasteiger charge is -2.37. The number of carbonyl (C=O) groups excluding carboxylic acids is 1. The highest BCUT2D eigenvalue weighted by atomic mass is 35.5. The number of amides is 1. The number of hydrogen-bond acceptors (Lipinski definition) is 10. The van der Waals surface area contributed by atoms with E-state index in [4.69, 9.17) is 26.8 Å². The van der Waals surface area contributed by atoms with Crippen LogP contribution >= 0.6 is 11.6 Å². The van der Waals surface area contributed by atoms with Gasteiger partial charge in [-0.15, -0.1) is 0 Å². The Morgan fingerprint density at radius 1 is 1.09 bits per heavy atom. The maximum atomic E-state index is 15.7. The fourth-order valence-corrected chi connectivity index (χ4v) is 8.05. The van der Waals surface area contributed by atoms with E-state index in [0.29, 0.717) is 44.7 Å². The predicted molar refractivity (Wildman–Crippen MR) is 158 cm³/mol. The molecule has 6 rings (SSSR count). The van der Waals surface area contributed by atoms with Gasteiger partial charge in [0.2, 0.25) is 10.0 Å². The zero-order valence-electron chi connectivity index (χ0n) is 23.9. The molecule has 3 saturated heterocycles. The van der Waals surface area contributed by atoms with E-state index < -0.39 is 40.1 Å². The number of piperazine rings is 1. The number of fused-ring (bicyclic) bond motifs is 3. The number of likely N-dealkylation sites (tertiary alicyclic amines) is 1. The van der Waals surface area contributed by atoms with Gasteiger partial charge in [-0.05, 0) is 50.2 Å². The summed E-state index contributed by atoms with van der Waals surface area (Å²) >= 11 is 6.22. The lowest BCUT2D eigenvalue weighted by atomic mass is 9.86. The number of aliphatic hydroxyl groups is 1. The lowest BCUT2D eigenvalue weighted by molar-refractivity contribution is -0.0852. The molecule has 4 aliphatic rings. The van der Waals surface area contributed by atoms with Crippen molar-refractivity contribution in [3.05, 3.63) is 41.0 Å². The van der Waals surface area contributed by atoms with Gasteiger partial charge in [0.15, 0.2) is 6.10 Å². The largest absolute Gasteiger partial charge is 0.489 e. The van der Waals surface area contributed by atoms with Gasteiger partial charge < -0.3 is 30.1 Å². The van der Waals surface area contributed by atoms with E-state index in [0.717, 1.165) is 0 Å². The molecule has 0 radical (unpaired) electrons. The summed E-state index contributed by atoms with van der Waals surface area (Å²) in [5.74, 6) is -3.43. The van der Waals surface area contributed by atoms with Crippen molar-refractivity contribution in [2.45, 2.75) is 35.8 Å². The number of nitrogens with zero attached hydrogens (tertiary/aromatic N) is 5. The highest BCUT2D eigenvalue weighted by Crippen LogP contribution is 2.43. The Hall–Kier alpha value is -2.82. The van der Waals surface area contributed by atoms with Gasteiger partial charge in [-0.25, -0.2) is 27.0 Å². The number of halogens is 3. The van der Waals surface area contributed by atoms with Crippen molar-refractivity contribution in [1.82, 2.24) is 14.2 Å². The maximum Gasteiger partial charge on any atom is 0.415 e. The second-order valence-electron chi connectivity index (χ2n) is 11.4. The van der Waals surface area contributed by atoms with E-state index in [1.165, 1.54) is 39.5 Å². The van der Waals surface area contributed by atoms with Gasteiger partial charge >= 0.3 is 6.09 Å². The summed E-state index contributed by atoms with van der Waals surface area (Å²) in [5, 5.41) is 9.46. The number of rotatable bonds is 8. The highest BCUT2D eigenvalue weighted by molar-refractivity contribution is 7.89. The molecular formula is C28H35ClF2N6O6S. The molecule has 1 aromatic heterocycles. The van der Waals surface area contributed by atoms with Crippen LogP contribution in [0.2, 0.25) is 5.15 Å². The van der Waals surface area contributed by atoms with Crippen LogP contribution in [0.1, 0.15) is 18.4 Å². The molecule has 44 heavy (non-hydrogen) atoms. The van der Waals surface area contributed by atoms with Gasteiger partial charge in [0.05, 0.1) is 17.2 Å². The van der Waals surface area contributed by atoms with Crippen LogP contribution in [0.15, 0.2) is 35.2 Å². The number of carbonyl (C=O) groups is 1. The van der Waals surface area contributed by atoms with Gasteiger partial charge in [0.25, 0.3) is 5.92 Å². The van der Waals surface area contributed by atoms with Crippen molar-refractivity contribution in [3.63, 3.8) is 0 Å². The monoisotopic (exact) mass is 656 g/mol. The minimum atomic E-state index is -3.94. The molecule has 16 heteroatoms. The fourth-order valence-electron chi connectivity index (χ4n) is 6.41. The number of hydrogen-bond donors (Lipinski definition) is 2. The molecule has 0 saturated carbocycles. The molecule has 240 valence electrons. The quantitative estimate of drug-likeness (QED) is 0.406. The number of cyclic esters (lactones) is 1. The Bertz CT molecular complexity index is 1500. The van der Waals surface area contributed by atoms with Crippen LogP contribution in [-0.2, 0) is 20.7 Å². The second kappa shape index (κ2) is 12.2. The fraction of sp³-hybridized carbons (Fsp3) is 0.571. The van der Waals surface area contributed by atoms with Crippen LogP contribution in [0.4, 0.5) is 25.1 Å². The number of piperidine rings is 1. The molecule has 12 nitrogen and oxygen atoms in total. The highest BCUT2D eigenvalue weighted by Gasteiger charge is 2.47. The number of aromatic nitrogens is 1. The first-order valence-electron chi connectivity index (χ1n) is 14.6. The van der Waals surface area contributed by atoms with Crippen molar-refractivity contribution >= 4 is 39.2 Å². The zero-order valence-corrected chi connectivity index (χ0v) is 25.5. The third kappa shape index (κ3) is 5.69. The number of aliphatic hydroxyl groups excluding tert-OH is 1. The summed E-state index contributed by atoms with van der Waals surface area (Å²) in [4.78, 5) is 21.9. The third-order valence-corrected chi connectivity index (χ3v) is 11.0. The third-order valence-electron chi connectivity index (χ3n) is 8.90. The van der Waals surface area contributed by atoms with Gasteiger partial charge in [0.1, 0.15) is 29.4 Å². The minimum absolute atomic E-state index is 0.00487. The molecule has 0 bridgehead atoms. The molecule has 0 aliphatic carbocycles. The SMILES string of the molecule is NCCN1CCC(C(F)(F)c2cc(Cl)nc(N3CCN(S(=O)(=O)c4ccc5c(c4)OC[C@@H]4[C@H](CO)OC(=O)N54)CC3)c2)CC1. The summed E-state index contributed by atoms with van der Waals surface area (Å²) in [6.07, 6.45) is -0.670. The lowest BCUT2D eigenvalue weighted by Crippen LogP contribution is -2.49. The zero-order chi connectivity index (χ0) is 31.2. The Morgan fingerprint density at radius 2 is 1.82 bits per heavy atom. The van der Waals surface area contributed by atoms with Crippen LogP contribution < -0.4 is 20.3 Å². The van der Waals surface area contributed by atoms with Crippen LogP contribution in [0.25, 0.3) is 0 Å². The van der Waals surface area contributed by atoms with E-state index in [9.17, 15) is 18.3 Å². The number of anilines is 2. The Balaban J connectivity index is 1.13. The predicted octanol–water partition coefficient (Wildman–Crippen LogP) is 2.09. The normalized spacial score (nSPS) is 23.7. The minimum Gasteiger partial charge on any atom is -0.489 e. The van der Waals surface area contributed by atoms with Gasteiger partial charge in [-0.1, -0.05) is 11.6 Å². The summed E-state index contributed by atoms with van der Waals surface area (Å²) in [6.45, 7) is 2.63. The van der Waals surface area contributed by atoms with Crippen molar-refractivity contribution in [2.75, 3.05) is 75.4 Å². The van der Waals surface area contributed by atoms with Crippen molar-refractivity contribution in [2.24, 2.45) is 11.7 Å². The number of nitrogens with two attached hydrogens (primary N) is 1. The molecule has 3 fully saturated rings. The molecule has 2 atom stereocenters. The molecule has 1 aromatic carbocycles. The van der Waals surface area contributed by atoms with Gasteiger partial charge in [-0.2, -0.15) is 4.31 Å². The van der Waals surface area contributed by atoms with Crippen molar-refractivity contribution in [1.29, 1.82) is 0 Å². The first kappa shape index (κ1) is 31.2. The smallest absolute Gasteiger partial charge is 0.415 e. The summed E-state index contributed by atoms with van der Waals surface area (Å²) in [6, 6.07) is 6.33. The second-order valence-corrected chi connectivity index (χ2v) is 13.8. The molecule has 1 amide bonds. The topological polar surface area (TPSA) is 142 Å². The van der Waals surface area contributed by atoms with Gasteiger partial charge in [-0.3, -0.25) is 4.90 Å². The number of ether oxygens (including phenoxy) is 2. The van der Waals surface area contributed by atoms with E-state index in [2.05, 4.69) is 9.88 Å². The molecule has 3 N–H and O–H groups in total. The van der Waals surface area contributed by atoms with Crippen LogP contribution in [0.5, 0.6) is 5.75 Å². The van der Waals surface area contributed by atoms with Crippen LogP contribution in [0, 0.1) is 5.92 Å². The summed E-state index contributed by atoms with van der Waals surface area (Å²) < 4.78 is 70.7. The molecule has 4 aliphatic heterocycles. The van der Waals surface area contributed by atoms with E-state index in [1.807, 2.05) is 0 Å². The first-order valence-corrected chi connectivity index (χ1v) is 16.5. The molecule has 0 unspecified atom stereocenters. The summed E-state index contributed by atoms with van der Waals surface area (Å²) in [7, 11) is -3.94. The average molecular weight is 657 g/mol. The molecular weight excluding hydrogens is 622 g/mol. The maximum absolute atomic E-state index is 15.7. The average Bonchev–Trinajstić information content (AvgIpc) is 3.36. The Morgan fingerprint density at radius 3 is 2.50 bits per heavy atom. The standard InChI is InChI=1S/C28H35ClF2N6O6S/c29-25-13-19(28(30,31)18-3-6-34(7-4-18)8-5-32)14-26(33-25)35-9-11-36(12-10-35)44(40,41)20-1-2-21-23(15-20)42-17-22-24(16-38)43-27(39)37(21)22/h1-2,13-15,18,22,24,38H,3-12,16-17,32H2/t22-,24+/m1/s1. The molecule has 2 aromatic rings. The first-order chi connectivity index (χ1) is 21.0. The number of alkyl halides is 2. The van der Waals surface area contributed by atoms with E-state index in [-0.39, 0.29) is 66.6 Å². The van der Waals surface area contributed by atoms with Crippen molar-refractivity contribution < 1.29 is 36.6 Å². The number of sulfonamides is 1.